The van der Waals surface area contributed by atoms with Crippen LogP contribution in [0, 0.1) is 25.2 Å². The fraction of sp³-hybridized carbons (Fsp3) is 0.600. The van der Waals surface area contributed by atoms with E-state index < -0.39 is 0 Å². The highest BCUT2D eigenvalue weighted by Gasteiger charge is 2.52. The van der Waals surface area contributed by atoms with Gasteiger partial charge in [0.1, 0.15) is 0 Å². The second-order valence-electron chi connectivity index (χ2n) is 7.89. The van der Waals surface area contributed by atoms with E-state index in [-0.39, 0.29) is 23.3 Å². The van der Waals surface area contributed by atoms with Gasteiger partial charge in [0.2, 0.25) is 5.91 Å². The molecule has 1 aromatic rings. The van der Waals surface area contributed by atoms with Crippen LogP contribution in [-0.4, -0.2) is 62.1 Å². The van der Waals surface area contributed by atoms with Gasteiger partial charge in [0.25, 0.3) is 0 Å². The van der Waals surface area contributed by atoms with Crippen LogP contribution in [0.3, 0.4) is 0 Å². The molecular weight excluding hydrogens is 330 g/mol. The predicted molar refractivity (Wildman–Crippen MR) is 101 cm³/mol. The molecule has 142 valence electrons. The molecule has 1 N–H and O–H groups in total. The second-order valence-corrected chi connectivity index (χ2v) is 7.89. The summed E-state index contributed by atoms with van der Waals surface area (Å²) in [4.78, 5) is 29.1. The zero-order valence-electron chi connectivity index (χ0n) is 16.2. The number of benzene rings is 1. The maximum Gasteiger partial charge on any atom is 0.321 e. The number of hydrogen-bond acceptors (Lipinski definition) is 3. The van der Waals surface area contributed by atoms with Gasteiger partial charge >= 0.3 is 6.03 Å². The SMILES string of the molecule is Cc1ccc(NC(=O)N2CC(C(=O)N(C)C)C3(CCOCC3)C2)c(C)c1. The van der Waals surface area contributed by atoms with Crippen LogP contribution >= 0.6 is 0 Å². The molecule has 2 aliphatic rings. The summed E-state index contributed by atoms with van der Waals surface area (Å²) in [5.41, 5.74) is 2.86. The van der Waals surface area contributed by atoms with Crippen molar-refractivity contribution in [3.8, 4) is 0 Å². The minimum absolute atomic E-state index is 0.105. The van der Waals surface area contributed by atoms with E-state index in [0.29, 0.717) is 26.3 Å². The minimum Gasteiger partial charge on any atom is -0.381 e. The first-order valence-corrected chi connectivity index (χ1v) is 9.24. The van der Waals surface area contributed by atoms with Crippen LogP contribution in [0.5, 0.6) is 0 Å². The Morgan fingerprint density at radius 3 is 2.54 bits per heavy atom. The Hall–Kier alpha value is -2.08. The predicted octanol–water partition coefficient (Wildman–Crippen LogP) is 2.65. The van der Waals surface area contributed by atoms with E-state index in [1.807, 2.05) is 26.0 Å². The molecule has 0 saturated carbocycles. The Morgan fingerprint density at radius 1 is 1.23 bits per heavy atom. The third-order valence-corrected chi connectivity index (χ3v) is 5.79. The number of carbonyl (C=O) groups is 2. The molecule has 2 saturated heterocycles. The number of aryl methyl sites for hydroxylation is 2. The smallest absolute Gasteiger partial charge is 0.321 e. The summed E-state index contributed by atoms with van der Waals surface area (Å²) >= 11 is 0. The van der Waals surface area contributed by atoms with Crippen molar-refractivity contribution < 1.29 is 14.3 Å². The molecule has 3 rings (SSSR count). The number of hydrogen-bond donors (Lipinski definition) is 1. The number of anilines is 1. The van der Waals surface area contributed by atoms with Crippen LogP contribution in [0.4, 0.5) is 10.5 Å². The monoisotopic (exact) mass is 359 g/mol. The van der Waals surface area contributed by atoms with Gasteiger partial charge in [-0.3, -0.25) is 4.79 Å². The lowest BCUT2D eigenvalue weighted by molar-refractivity contribution is -0.138. The fourth-order valence-corrected chi connectivity index (χ4v) is 4.21. The van der Waals surface area contributed by atoms with E-state index in [2.05, 4.69) is 11.4 Å². The maximum absolute atomic E-state index is 12.9. The van der Waals surface area contributed by atoms with Gasteiger partial charge in [-0.15, -0.1) is 0 Å². The molecule has 0 radical (unpaired) electrons. The summed E-state index contributed by atoms with van der Waals surface area (Å²) in [6.07, 6.45) is 1.65. The lowest BCUT2D eigenvalue weighted by Crippen LogP contribution is -2.44. The van der Waals surface area contributed by atoms with Crippen molar-refractivity contribution in [2.45, 2.75) is 26.7 Å². The largest absolute Gasteiger partial charge is 0.381 e. The quantitative estimate of drug-likeness (QED) is 0.883. The van der Waals surface area contributed by atoms with Gasteiger partial charge in [-0.2, -0.15) is 0 Å². The maximum atomic E-state index is 12.9. The molecule has 2 fully saturated rings. The van der Waals surface area contributed by atoms with Crippen molar-refractivity contribution in [1.29, 1.82) is 0 Å². The van der Waals surface area contributed by atoms with Crippen LogP contribution < -0.4 is 5.32 Å². The van der Waals surface area contributed by atoms with Crippen LogP contribution in [-0.2, 0) is 9.53 Å². The van der Waals surface area contributed by atoms with Gasteiger partial charge < -0.3 is 19.9 Å². The van der Waals surface area contributed by atoms with Crippen molar-refractivity contribution in [1.82, 2.24) is 9.80 Å². The molecule has 2 heterocycles. The van der Waals surface area contributed by atoms with E-state index in [1.54, 1.807) is 23.9 Å². The van der Waals surface area contributed by atoms with Crippen molar-refractivity contribution in [2.24, 2.45) is 11.3 Å². The van der Waals surface area contributed by atoms with Gasteiger partial charge in [0.05, 0.1) is 5.92 Å². The van der Waals surface area contributed by atoms with Gasteiger partial charge in [-0.1, -0.05) is 17.7 Å². The van der Waals surface area contributed by atoms with Crippen LogP contribution in [0.2, 0.25) is 0 Å². The molecule has 0 aliphatic carbocycles. The molecule has 0 aromatic heterocycles. The summed E-state index contributed by atoms with van der Waals surface area (Å²) in [6.45, 7) is 6.41. The second kappa shape index (κ2) is 7.27. The lowest BCUT2D eigenvalue weighted by atomic mass is 9.71. The Morgan fingerprint density at radius 2 is 1.92 bits per heavy atom. The van der Waals surface area contributed by atoms with Crippen molar-refractivity contribution >= 4 is 17.6 Å². The molecule has 26 heavy (non-hydrogen) atoms. The summed E-state index contributed by atoms with van der Waals surface area (Å²) in [6, 6.07) is 5.85. The Labute approximate surface area is 155 Å². The number of amides is 3. The number of rotatable bonds is 2. The average Bonchev–Trinajstić information content (AvgIpc) is 2.96. The van der Waals surface area contributed by atoms with Crippen molar-refractivity contribution in [2.75, 3.05) is 45.7 Å². The van der Waals surface area contributed by atoms with Crippen LogP contribution in [0.25, 0.3) is 0 Å². The Bertz CT molecular complexity index is 696. The minimum atomic E-state index is -0.167. The summed E-state index contributed by atoms with van der Waals surface area (Å²) in [7, 11) is 3.57. The zero-order valence-corrected chi connectivity index (χ0v) is 16.2. The third kappa shape index (κ3) is 3.56. The lowest BCUT2D eigenvalue weighted by Gasteiger charge is -2.37. The summed E-state index contributed by atoms with van der Waals surface area (Å²) < 4.78 is 5.52. The van der Waals surface area contributed by atoms with Crippen molar-refractivity contribution in [3.63, 3.8) is 0 Å². The van der Waals surface area contributed by atoms with Crippen LogP contribution in [0.1, 0.15) is 24.0 Å². The number of urea groups is 1. The van der Waals surface area contributed by atoms with E-state index >= 15 is 0 Å². The highest BCUT2D eigenvalue weighted by Crippen LogP contribution is 2.45. The van der Waals surface area contributed by atoms with Gasteiger partial charge in [-0.25, -0.2) is 4.79 Å². The zero-order chi connectivity index (χ0) is 18.9. The fourth-order valence-electron chi connectivity index (χ4n) is 4.21. The molecule has 1 unspecified atom stereocenters. The van der Waals surface area contributed by atoms with Gasteiger partial charge in [-0.05, 0) is 38.3 Å². The van der Waals surface area contributed by atoms with Gasteiger partial charge in [0.15, 0.2) is 0 Å². The molecule has 1 spiro atoms. The van der Waals surface area contributed by atoms with Crippen molar-refractivity contribution in [3.05, 3.63) is 29.3 Å². The molecule has 0 bridgehead atoms. The molecule has 2 aliphatic heterocycles. The molecule has 1 aromatic carbocycles. The number of nitrogens with one attached hydrogen (secondary N) is 1. The number of carbonyl (C=O) groups excluding carboxylic acids is 2. The third-order valence-electron chi connectivity index (χ3n) is 5.79. The Kier molecular flexibility index (Phi) is 5.23. The normalized spacial score (nSPS) is 21.7. The number of nitrogens with zero attached hydrogens (tertiary/aromatic N) is 2. The summed E-state index contributed by atoms with van der Waals surface area (Å²) in [5.74, 6) is -0.0556. The highest BCUT2D eigenvalue weighted by atomic mass is 16.5. The molecule has 3 amide bonds. The molecule has 1 atom stereocenters. The topological polar surface area (TPSA) is 61.9 Å². The highest BCUT2D eigenvalue weighted by molar-refractivity contribution is 5.91. The Balaban J connectivity index is 1.78. The van der Waals surface area contributed by atoms with Crippen LogP contribution in [0.15, 0.2) is 18.2 Å². The molecule has 6 nitrogen and oxygen atoms in total. The van der Waals surface area contributed by atoms with E-state index in [4.69, 9.17) is 4.74 Å². The number of ether oxygens (including phenoxy) is 1. The average molecular weight is 359 g/mol. The standard InChI is InChI=1S/C20H29N3O3/c1-14-5-6-17(15(2)11-14)21-19(25)23-12-16(18(24)22(3)4)20(13-23)7-9-26-10-8-20/h5-6,11,16H,7-10,12-13H2,1-4H3,(H,21,25). The van der Waals surface area contributed by atoms with E-state index in [9.17, 15) is 9.59 Å². The first-order valence-electron chi connectivity index (χ1n) is 9.24. The molecular formula is C20H29N3O3. The van der Waals surface area contributed by atoms with E-state index in [1.165, 1.54) is 5.56 Å². The summed E-state index contributed by atoms with van der Waals surface area (Å²) in [5, 5.41) is 3.02. The van der Waals surface area contributed by atoms with E-state index in [0.717, 1.165) is 24.1 Å². The number of likely N-dealkylation sites (tertiary alicyclic amines) is 1. The first kappa shape index (κ1) is 18.7. The van der Waals surface area contributed by atoms with Gasteiger partial charge in [0, 0.05) is 51.5 Å². The molecule has 6 heteroatoms. The first-order chi connectivity index (χ1) is 12.3.